The second kappa shape index (κ2) is 8.48. The predicted molar refractivity (Wildman–Crippen MR) is 117 cm³/mol. The van der Waals surface area contributed by atoms with Crippen molar-refractivity contribution in [2.45, 2.75) is 70.9 Å². The topological polar surface area (TPSA) is 104 Å². The summed E-state index contributed by atoms with van der Waals surface area (Å²) in [5, 5.41) is 3.30. The molecule has 2 aromatic rings. The van der Waals surface area contributed by atoms with E-state index in [-0.39, 0.29) is 17.8 Å². The summed E-state index contributed by atoms with van der Waals surface area (Å²) in [6, 6.07) is 1.01. The van der Waals surface area contributed by atoms with E-state index < -0.39 is 17.9 Å². The maximum Gasteiger partial charge on any atom is 0.339 e. The van der Waals surface area contributed by atoms with Gasteiger partial charge in [0.2, 0.25) is 0 Å². The molecule has 1 N–H and O–H groups in total. The first-order chi connectivity index (χ1) is 15.2. The summed E-state index contributed by atoms with van der Waals surface area (Å²) < 4.78 is 22.5. The van der Waals surface area contributed by atoms with Crippen LogP contribution in [0.3, 0.4) is 0 Å². The minimum absolute atomic E-state index is 0.299. The molecule has 1 aromatic heterocycles. The molecule has 0 saturated heterocycles. The molecule has 172 valence electrons. The molecule has 8 heteroatoms. The van der Waals surface area contributed by atoms with E-state index in [9.17, 15) is 14.4 Å². The van der Waals surface area contributed by atoms with Crippen LogP contribution in [0.15, 0.2) is 15.3 Å². The Bertz CT molecular complexity index is 1130. The van der Waals surface area contributed by atoms with Crippen LogP contribution in [0.1, 0.15) is 56.7 Å². The van der Waals surface area contributed by atoms with Gasteiger partial charge in [0.05, 0.1) is 12.5 Å². The van der Waals surface area contributed by atoms with Gasteiger partial charge in [-0.25, -0.2) is 9.59 Å². The molecule has 0 radical (unpaired) electrons. The highest BCUT2D eigenvalue weighted by Gasteiger charge is 2.32. The number of aryl methyl sites for hydroxylation is 2. The number of amides is 1. The maximum atomic E-state index is 12.7. The minimum Gasteiger partial charge on any atom is -0.487 e. The van der Waals surface area contributed by atoms with Crippen molar-refractivity contribution in [3.05, 3.63) is 33.2 Å². The molecule has 1 amide bonds. The monoisotopic (exact) mass is 443 g/mol. The molecule has 8 nitrogen and oxygen atoms in total. The molecule has 1 aliphatic carbocycles. The van der Waals surface area contributed by atoms with E-state index in [0.29, 0.717) is 29.1 Å². The van der Waals surface area contributed by atoms with E-state index in [1.54, 1.807) is 13.0 Å². The van der Waals surface area contributed by atoms with Gasteiger partial charge in [-0.3, -0.25) is 4.79 Å². The van der Waals surface area contributed by atoms with Gasteiger partial charge < -0.3 is 23.9 Å². The van der Waals surface area contributed by atoms with E-state index in [0.717, 1.165) is 48.6 Å². The second-order valence-electron chi connectivity index (χ2n) is 9.07. The third kappa shape index (κ3) is 4.18. The van der Waals surface area contributed by atoms with Crippen molar-refractivity contribution in [1.82, 2.24) is 5.32 Å². The number of hydrogen-bond acceptors (Lipinski definition) is 7. The molecule has 4 rings (SSSR count). The van der Waals surface area contributed by atoms with Crippen LogP contribution < -0.4 is 20.4 Å². The van der Waals surface area contributed by atoms with Crippen LogP contribution in [0.4, 0.5) is 0 Å². The van der Waals surface area contributed by atoms with E-state index in [1.807, 2.05) is 13.8 Å². The highest BCUT2D eigenvalue weighted by Crippen LogP contribution is 2.44. The highest BCUT2D eigenvalue weighted by atomic mass is 16.5. The molecule has 32 heavy (non-hydrogen) atoms. The Morgan fingerprint density at radius 3 is 2.59 bits per heavy atom. The number of benzene rings is 1. The summed E-state index contributed by atoms with van der Waals surface area (Å²) in [5.74, 6) is 0.0514. The van der Waals surface area contributed by atoms with Crippen LogP contribution in [0.25, 0.3) is 11.0 Å². The SMILES string of the molecule is COC(=O)C(C)NC(=O)COc1cc2c(c3oc(=O)c4c(c13)CCCC4)CCC(C)(C)O2. The largest absolute Gasteiger partial charge is 0.487 e. The Morgan fingerprint density at radius 2 is 1.88 bits per heavy atom. The van der Waals surface area contributed by atoms with Crippen LogP contribution >= 0.6 is 0 Å². The van der Waals surface area contributed by atoms with E-state index in [2.05, 4.69) is 10.1 Å². The average molecular weight is 443 g/mol. The third-order valence-electron chi connectivity index (χ3n) is 6.17. The quantitative estimate of drug-likeness (QED) is 0.560. The molecule has 0 saturated carbocycles. The fourth-order valence-electron chi connectivity index (χ4n) is 4.49. The lowest BCUT2D eigenvalue weighted by atomic mass is 9.87. The molecule has 0 spiro atoms. The Morgan fingerprint density at radius 1 is 1.16 bits per heavy atom. The molecule has 1 aliphatic heterocycles. The van der Waals surface area contributed by atoms with Gasteiger partial charge in [-0.1, -0.05) is 0 Å². The maximum absolute atomic E-state index is 12.7. The number of hydrogen-bond donors (Lipinski definition) is 1. The second-order valence-corrected chi connectivity index (χ2v) is 9.07. The van der Waals surface area contributed by atoms with Crippen molar-refractivity contribution in [3.63, 3.8) is 0 Å². The van der Waals surface area contributed by atoms with Crippen molar-refractivity contribution in [1.29, 1.82) is 0 Å². The van der Waals surface area contributed by atoms with Crippen molar-refractivity contribution in [3.8, 4) is 11.5 Å². The smallest absolute Gasteiger partial charge is 0.339 e. The Hall–Kier alpha value is -3.03. The van der Waals surface area contributed by atoms with Crippen LogP contribution in [-0.2, 0) is 33.6 Å². The van der Waals surface area contributed by atoms with Gasteiger partial charge in [-0.15, -0.1) is 0 Å². The highest BCUT2D eigenvalue weighted by molar-refractivity contribution is 5.93. The number of fused-ring (bicyclic) bond motifs is 5. The van der Waals surface area contributed by atoms with Crippen molar-refractivity contribution in [2.24, 2.45) is 0 Å². The number of ether oxygens (including phenoxy) is 3. The zero-order valence-electron chi connectivity index (χ0n) is 19.0. The molecule has 1 unspecified atom stereocenters. The summed E-state index contributed by atoms with van der Waals surface area (Å²) in [7, 11) is 1.26. The predicted octanol–water partition coefficient (Wildman–Crippen LogP) is 2.83. The van der Waals surface area contributed by atoms with Crippen LogP contribution in [0.2, 0.25) is 0 Å². The van der Waals surface area contributed by atoms with Crippen molar-refractivity contribution < 1.29 is 28.2 Å². The number of carbonyl (C=O) groups is 2. The van der Waals surface area contributed by atoms with Crippen LogP contribution in [0.5, 0.6) is 11.5 Å². The molecule has 0 fully saturated rings. The molecule has 0 bridgehead atoms. The summed E-state index contributed by atoms with van der Waals surface area (Å²) in [4.78, 5) is 36.7. The van der Waals surface area contributed by atoms with Gasteiger partial charge in [0.1, 0.15) is 28.7 Å². The standard InChI is InChI=1S/C24H29NO7/c1-13(22(27)29-4)25-19(26)12-30-18-11-17-16(9-10-24(2,3)32-17)21-20(18)14-7-5-6-8-15(14)23(28)31-21/h11,13H,5-10,12H2,1-4H3,(H,25,26). The molecule has 1 atom stereocenters. The van der Waals surface area contributed by atoms with Gasteiger partial charge in [0.15, 0.2) is 6.61 Å². The lowest BCUT2D eigenvalue weighted by molar-refractivity contribution is -0.144. The van der Waals surface area contributed by atoms with Gasteiger partial charge in [-0.05, 0) is 64.9 Å². The van der Waals surface area contributed by atoms with Gasteiger partial charge >= 0.3 is 11.6 Å². The van der Waals surface area contributed by atoms with Crippen molar-refractivity contribution in [2.75, 3.05) is 13.7 Å². The van der Waals surface area contributed by atoms with E-state index in [1.165, 1.54) is 7.11 Å². The Balaban J connectivity index is 1.75. The van der Waals surface area contributed by atoms with E-state index in [4.69, 9.17) is 13.9 Å². The van der Waals surface area contributed by atoms with Gasteiger partial charge in [-0.2, -0.15) is 0 Å². The fraction of sp³-hybridized carbons (Fsp3) is 0.542. The summed E-state index contributed by atoms with van der Waals surface area (Å²) in [5.41, 5.74) is 2.31. The average Bonchev–Trinajstić information content (AvgIpc) is 2.76. The zero-order chi connectivity index (χ0) is 23.0. The summed E-state index contributed by atoms with van der Waals surface area (Å²) >= 11 is 0. The number of carbonyl (C=O) groups excluding carboxylic acids is 2. The number of rotatable bonds is 5. The number of methoxy groups -OCH3 is 1. The third-order valence-corrected chi connectivity index (χ3v) is 6.17. The first kappa shape index (κ1) is 22.2. The van der Waals surface area contributed by atoms with Crippen molar-refractivity contribution >= 4 is 22.8 Å². The molecule has 1 aromatic carbocycles. The molecule has 2 aliphatic rings. The normalized spacial score (nSPS) is 17.5. The zero-order valence-corrected chi connectivity index (χ0v) is 19.0. The number of nitrogens with one attached hydrogen (secondary N) is 1. The molecular weight excluding hydrogens is 414 g/mol. The first-order valence-electron chi connectivity index (χ1n) is 11.0. The number of esters is 1. The fourth-order valence-corrected chi connectivity index (χ4v) is 4.49. The van der Waals surface area contributed by atoms with Crippen LogP contribution in [0, 0.1) is 0 Å². The minimum atomic E-state index is -0.786. The molecular formula is C24H29NO7. The van der Waals surface area contributed by atoms with E-state index >= 15 is 0 Å². The Labute approximate surface area is 186 Å². The van der Waals surface area contributed by atoms with Gasteiger partial charge in [0.25, 0.3) is 5.91 Å². The lowest BCUT2D eigenvalue weighted by Crippen LogP contribution is -2.41. The van der Waals surface area contributed by atoms with Gasteiger partial charge in [0, 0.05) is 17.2 Å². The van der Waals surface area contributed by atoms with Crippen LogP contribution in [-0.4, -0.2) is 37.2 Å². The summed E-state index contributed by atoms with van der Waals surface area (Å²) in [6.07, 6.45) is 4.86. The lowest BCUT2D eigenvalue weighted by Gasteiger charge is -2.33. The first-order valence-corrected chi connectivity index (χ1v) is 11.0. The molecule has 2 heterocycles. The Kier molecular flexibility index (Phi) is 5.88. The summed E-state index contributed by atoms with van der Waals surface area (Å²) in [6.45, 7) is 5.25.